The van der Waals surface area contributed by atoms with Crippen molar-refractivity contribution in [1.29, 1.82) is 0 Å². The van der Waals surface area contributed by atoms with E-state index in [-0.39, 0.29) is 0 Å². The van der Waals surface area contributed by atoms with E-state index in [0.29, 0.717) is 0 Å². The van der Waals surface area contributed by atoms with E-state index >= 15 is 0 Å². The van der Waals surface area contributed by atoms with Gasteiger partial charge in [-0.25, -0.2) is 0 Å². The summed E-state index contributed by atoms with van der Waals surface area (Å²) < 4.78 is 0. The van der Waals surface area contributed by atoms with E-state index in [1.54, 1.807) is 6.20 Å². The average Bonchev–Trinajstić information content (AvgIpc) is 2.49. The van der Waals surface area contributed by atoms with Crippen LogP contribution in [0.1, 0.15) is 30.4 Å². The van der Waals surface area contributed by atoms with Crippen LogP contribution in [0.5, 0.6) is 0 Å². The van der Waals surface area contributed by atoms with Crippen molar-refractivity contribution in [3.63, 3.8) is 0 Å². The van der Waals surface area contributed by atoms with Crippen LogP contribution in [0, 0.1) is 0 Å². The lowest BCUT2D eigenvalue weighted by Gasteiger charge is -2.19. The van der Waals surface area contributed by atoms with E-state index < -0.39 is 0 Å². The summed E-state index contributed by atoms with van der Waals surface area (Å²) in [6.07, 6.45) is 10.1. The van der Waals surface area contributed by atoms with Crippen molar-refractivity contribution < 1.29 is 4.79 Å². The van der Waals surface area contributed by atoms with Gasteiger partial charge in [0.05, 0.1) is 0 Å². The zero-order valence-corrected chi connectivity index (χ0v) is 11.4. The maximum Gasteiger partial charge on any atom is 0.211 e. The van der Waals surface area contributed by atoms with Gasteiger partial charge >= 0.3 is 0 Å². The van der Waals surface area contributed by atoms with Gasteiger partial charge < -0.3 is 5.32 Å². The van der Waals surface area contributed by atoms with Gasteiger partial charge in [0.2, 0.25) is 6.41 Å². The lowest BCUT2D eigenvalue weighted by atomic mass is 9.90. The predicted octanol–water partition coefficient (Wildman–Crippen LogP) is 3.59. The number of hydrogen-bond donors (Lipinski definition) is 1. The molecule has 1 amide bonds. The zero-order valence-electron chi connectivity index (χ0n) is 11.4. The van der Waals surface area contributed by atoms with Crippen molar-refractivity contribution in [1.82, 2.24) is 4.98 Å². The lowest BCUT2D eigenvalue weighted by molar-refractivity contribution is -0.105. The van der Waals surface area contributed by atoms with Crippen molar-refractivity contribution >= 4 is 12.1 Å². The third kappa shape index (κ3) is 2.57. The minimum absolute atomic E-state index is 0.785. The molecule has 2 bridgehead atoms. The largest absolute Gasteiger partial charge is 0.328 e. The molecule has 3 heteroatoms. The molecule has 1 aliphatic carbocycles. The quantitative estimate of drug-likeness (QED) is 0.863. The Hall–Kier alpha value is -2.16. The Morgan fingerprint density at radius 3 is 2.40 bits per heavy atom. The Morgan fingerprint density at radius 1 is 1.05 bits per heavy atom. The third-order valence-corrected chi connectivity index (χ3v) is 3.89. The highest BCUT2D eigenvalue weighted by Gasteiger charge is 2.14. The molecule has 3 rings (SSSR count). The first-order chi connectivity index (χ1) is 9.88. The maximum absolute atomic E-state index is 10.9. The fourth-order valence-corrected chi connectivity index (χ4v) is 2.91. The molecule has 1 heterocycles. The molecule has 2 aromatic rings. The molecule has 0 saturated carbocycles. The van der Waals surface area contributed by atoms with Gasteiger partial charge in [-0.15, -0.1) is 0 Å². The Labute approximate surface area is 119 Å². The minimum atomic E-state index is 0.785. The number of anilines is 1. The number of aryl methyl sites for hydroxylation is 2. The van der Waals surface area contributed by atoms with Crippen molar-refractivity contribution in [2.24, 2.45) is 0 Å². The Morgan fingerprint density at radius 2 is 1.80 bits per heavy atom. The second kappa shape index (κ2) is 5.87. The van der Waals surface area contributed by atoms with E-state index in [9.17, 15) is 4.79 Å². The van der Waals surface area contributed by atoms with Crippen molar-refractivity contribution in [2.75, 3.05) is 5.32 Å². The topological polar surface area (TPSA) is 42.0 Å². The molecule has 102 valence electrons. The SMILES string of the molecule is O=CNc1c2cc(-c3cccnc3)cc1CCCCC2. The van der Waals surface area contributed by atoms with Crippen molar-refractivity contribution in [2.45, 2.75) is 32.1 Å². The fraction of sp³-hybridized carbons (Fsp3) is 0.294. The normalized spacial score (nSPS) is 14.2. The number of aromatic nitrogens is 1. The molecule has 20 heavy (non-hydrogen) atoms. The van der Waals surface area contributed by atoms with E-state index in [0.717, 1.165) is 30.5 Å². The van der Waals surface area contributed by atoms with Gasteiger partial charge in [-0.1, -0.05) is 12.5 Å². The fourth-order valence-electron chi connectivity index (χ4n) is 2.91. The molecule has 0 radical (unpaired) electrons. The molecule has 0 aliphatic heterocycles. The first-order valence-corrected chi connectivity index (χ1v) is 7.15. The molecule has 0 fully saturated rings. The van der Waals surface area contributed by atoms with E-state index in [1.165, 1.54) is 36.0 Å². The molecule has 0 saturated heterocycles. The summed E-state index contributed by atoms with van der Waals surface area (Å²) in [5, 5.41) is 2.90. The summed E-state index contributed by atoms with van der Waals surface area (Å²) >= 11 is 0. The molecule has 1 aromatic carbocycles. The van der Waals surface area contributed by atoms with Crippen LogP contribution in [0.2, 0.25) is 0 Å². The first-order valence-electron chi connectivity index (χ1n) is 7.15. The zero-order chi connectivity index (χ0) is 13.8. The number of nitrogens with one attached hydrogen (secondary N) is 1. The molecule has 0 spiro atoms. The van der Waals surface area contributed by atoms with E-state index in [2.05, 4.69) is 28.5 Å². The molecule has 1 aromatic heterocycles. The number of hydrogen-bond acceptors (Lipinski definition) is 2. The van der Waals surface area contributed by atoms with Crippen LogP contribution in [0.4, 0.5) is 5.69 Å². The van der Waals surface area contributed by atoms with Crippen LogP contribution >= 0.6 is 0 Å². The number of amides is 1. The molecule has 1 N–H and O–H groups in total. The van der Waals surface area contributed by atoms with Gasteiger partial charge in [-0.2, -0.15) is 0 Å². The van der Waals surface area contributed by atoms with Gasteiger partial charge in [-0.3, -0.25) is 9.78 Å². The molecule has 1 aliphatic rings. The molecule has 3 nitrogen and oxygen atoms in total. The number of fused-ring (bicyclic) bond motifs is 2. The summed E-state index contributed by atoms with van der Waals surface area (Å²) in [6, 6.07) is 8.42. The second-order valence-corrected chi connectivity index (χ2v) is 5.23. The van der Waals surface area contributed by atoms with Crippen LogP contribution < -0.4 is 5.32 Å². The Bertz CT molecular complexity index is 581. The third-order valence-electron chi connectivity index (χ3n) is 3.89. The number of carbonyl (C=O) groups is 1. The molecule has 0 atom stereocenters. The van der Waals surface area contributed by atoms with Gasteiger partial charge in [-0.05, 0) is 60.6 Å². The number of nitrogens with zero attached hydrogens (tertiary/aromatic N) is 1. The Kier molecular flexibility index (Phi) is 3.77. The van der Waals surface area contributed by atoms with Gasteiger partial charge in [0, 0.05) is 23.6 Å². The van der Waals surface area contributed by atoms with Crippen LogP contribution in [-0.2, 0) is 17.6 Å². The standard InChI is InChI=1S/C17H18N2O/c20-12-19-17-13-5-2-1-3-6-14(17)10-16(9-13)15-7-4-8-18-11-15/h4,7-12H,1-3,5-6H2,(H,19,20). The second-order valence-electron chi connectivity index (χ2n) is 5.23. The van der Waals surface area contributed by atoms with Gasteiger partial charge in [0.25, 0.3) is 0 Å². The van der Waals surface area contributed by atoms with Crippen LogP contribution in [-0.4, -0.2) is 11.4 Å². The van der Waals surface area contributed by atoms with Gasteiger partial charge in [0.1, 0.15) is 0 Å². The number of carbonyl (C=O) groups excluding carboxylic acids is 1. The number of pyridine rings is 1. The van der Waals surface area contributed by atoms with Crippen molar-refractivity contribution in [3.8, 4) is 11.1 Å². The highest BCUT2D eigenvalue weighted by atomic mass is 16.1. The van der Waals surface area contributed by atoms with Crippen LogP contribution in [0.3, 0.4) is 0 Å². The monoisotopic (exact) mass is 266 g/mol. The summed E-state index contributed by atoms with van der Waals surface area (Å²) in [4.78, 5) is 15.0. The lowest BCUT2D eigenvalue weighted by Crippen LogP contribution is -2.07. The highest BCUT2D eigenvalue weighted by Crippen LogP contribution is 2.32. The summed E-state index contributed by atoms with van der Waals surface area (Å²) in [7, 11) is 0. The molecular formula is C17H18N2O. The van der Waals surface area contributed by atoms with Crippen molar-refractivity contribution in [3.05, 3.63) is 47.8 Å². The van der Waals surface area contributed by atoms with Crippen LogP contribution in [0.15, 0.2) is 36.7 Å². The maximum atomic E-state index is 10.9. The number of benzene rings is 1. The van der Waals surface area contributed by atoms with Crippen LogP contribution in [0.25, 0.3) is 11.1 Å². The molecule has 0 unspecified atom stereocenters. The van der Waals surface area contributed by atoms with E-state index in [1.807, 2.05) is 12.3 Å². The summed E-state index contributed by atoms with van der Waals surface area (Å²) in [6.45, 7) is 0. The average molecular weight is 266 g/mol. The molecular weight excluding hydrogens is 248 g/mol. The van der Waals surface area contributed by atoms with E-state index in [4.69, 9.17) is 0 Å². The predicted molar refractivity (Wildman–Crippen MR) is 80.6 cm³/mol. The minimum Gasteiger partial charge on any atom is -0.328 e. The number of rotatable bonds is 3. The highest BCUT2D eigenvalue weighted by molar-refractivity contribution is 5.79. The summed E-state index contributed by atoms with van der Waals surface area (Å²) in [5.74, 6) is 0. The Balaban J connectivity index is 2.11. The summed E-state index contributed by atoms with van der Waals surface area (Å²) in [5.41, 5.74) is 5.84. The van der Waals surface area contributed by atoms with Gasteiger partial charge in [0.15, 0.2) is 0 Å². The first kappa shape index (κ1) is 12.9. The smallest absolute Gasteiger partial charge is 0.211 e.